The molecule has 6 nitrogen and oxygen atoms in total. The monoisotopic (exact) mass is 296 g/mol. The van der Waals surface area contributed by atoms with E-state index < -0.39 is 45.7 Å². The molecule has 0 aliphatic heterocycles. The van der Waals surface area contributed by atoms with Gasteiger partial charge in [-0.05, 0) is 18.2 Å². The highest BCUT2D eigenvalue weighted by molar-refractivity contribution is 6.33. The van der Waals surface area contributed by atoms with Gasteiger partial charge in [0, 0.05) is 0 Å². The van der Waals surface area contributed by atoms with Crippen LogP contribution in [0.1, 0.15) is 15.9 Å². The molecule has 0 saturated heterocycles. The summed E-state index contributed by atoms with van der Waals surface area (Å²) >= 11 is 5.60. The molecule has 0 atom stereocenters. The van der Waals surface area contributed by atoms with Crippen LogP contribution in [0.15, 0.2) is 24.3 Å². The van der Waals surface area contributed by atoms with Crippen LogP contribution in [-0.4, -0.2) is 31.3 Å². The van der Waals surface area contributed by atoms with Crippen LogP contribution in [0.25, 0.3) is 0 Å². The summed E-state index contributed by atoms with van der Waals surface area (Å²) < 4.78 is 0. The molecule has 7 heteroatoms. The fourth-order valence-corrected chi connectivity index (χ4v) is 1.88. The molecule has 104 valence electrons. The quantitative estimate of drug-likeness (QED) is 0.428. The van der Waals surface area contributed by atoms with Gasteiger partial charge in [0.1, 0.15) is 17.1 Å². The highest BCUT2D eigenvalue weighted by Crippen LogP contribution is 2.44. The second-order valence-corrected chi connectivity index (χ2v) is 4.36. The summed E-state index contributed by atoms with van der Waals surface area (Å²) in [5.41, 5.74) is -0.925. The fraction of sp³-hybridized carbons (Fsp3) is 0. The van der Waals surface area contributed by atoms with Gasteiger partial charge < -0.3 is 25.5 Å². The van der Waals surface area contributed by atoms with E-state index in [9.17, 15) is 30.3 Å². The Morgan fingerprint density at radius 3 is 2.00 bits per heavy atom. The first-order valence-corrected chi connectivity index (χ1v) is 5.71. The van der Waals surface area contributed by atoms with Gasteiger partial charge in [-0.3, -0.25) is 4.79 Å². The van der Waals surface area contributed by atoms with E-state index in [4.69, 9.17) is 11.6 Å². The number of phenols is 5. The van der Waals surface area contributed by atoms with Gasteiger partial charge in [0.15, 0.2) is 11.5 Å². The second-order valence-electron chi connectivity index (χ2n) is 3.95. The zero-order chi connectivity index (χ0) is 15.0. The minimum atomic E-state index is -0.963. The molecule has 0 unspecified atom stereocenters. The molecule has 0 aliphatic rings. The van der Waals surface area contributed by atoms with Crippen LogP contribution in [0, 0.1) is 0 Å². The van der Waals surface area contributed by atoms with Crippen molar-refractivity contribution in [3.8, 4) is 28.7 Å². The van der Waals surface area contributed by atoms with Crippen LogP contribution >= 0.6 is 11.6 Å². The Kier molecular flexibility index (Phi) is 3.33. The van der Waals surface area contributed by atoms with E-state index in [-0.39, 0.29) is 5.02 Å². The Bertz CT molecular complexity index is 690. The molecular formula is C13H9ClO6. The zero-order valence-corrected chi connectivity index (χ0v) is 10.6. The van der Waals surface area contributed by atoms with E-state index in [0.29, 0.717) is 0 Å². The van der Waals surface area contributed by atoms with Crippen molar-refractivity contribution in [2.24, 2.45) is 0 Å². The molecule has 0 aromatic heterocycles. The van der Waals surface area contributed by atoms with Gasteiger partial charge in [-0.1, -0.05) is 17.7 Å². The molecule has 20 heavy (non-hydrogen) atoms. The molecule has 0 saturated carbocycles. The third-order valence-electron chi connectivity index (χ3n) is 2.69. The number of benzene rings is 2. The SMILES string of the molecule is O=C(c1cc(Cl)c(O)c(O)c1O)c1c(O)cccc1O. The normalized spacial score (nSPS) is 10.4. The molecule has 0 spiro atoms. The zero-order valence-electron chi connectivity index (χ0n) is 9.83. The average Bonchev–Trinajstić information content (AvgIpc) is 2.40. The van der Waals surface area contributed by atoms with Gasteiger partial charge in [-0.15, -0.1) is 0 Å². The van der Waals surface area contributed by atoms with Crippen molar-refractivity contribution in [2.45, 2.75) is 0 Å². The first-order chi connectivity index (χ1) is 9.34. The van der Waals surface area contributed by atoms with Crippen molar-refractivity contribution in [1.82, 2.24) is 0 Å². The number of rotatable bonds is 2. The summed E-state index contributed by atoms with van der Waals surface area (Å²) in [6.07, 6.45) is 0. The molecule has 2 aromatic carbocycles. The average molecular weight is 297 g/mol. The lowest BCUT2D eigenvalue weighted by molar-refractivity contribution is 0.103. The number of carbonyl (C=O) groups excluding carboxylic acids is 1. The third kappa shape index (κ3) is 2.06. The van der Waals surface area contributed by atoms with E-state index in [2.05, 4.69) is 0 Å². The maximum absolute atomic E-state index is 12.2. The van der Waals surface area contributed by atoms with Gasteiger partial charge >= 0.3 is 0 Å². The highest BCUT2D eigenvalue weighted by Gasteiger charge is 2.25. The summed E-state index contributed by atoms with van der Waals surface area (Å²) in [5.74, 6) is -4.61. The first-order valence-electron chi connectivity index (χ1n) is 5.33. The van der Waals surface area contributed by atoms with Crippen LogP contribution in [0.2, 0.25) is 5.02 Å². The summed E-state index contributed by atoms with van der Waals surface area (Å²) in [6.45, 7) is 0. The van der Waals surface area contributed by atoms with E-state index in [1.807, 2.05) is 0 Å². The number of aromatic hydroxyl groups is 5. The summed E-state index contributed by atoms with van der Waals surface area (Å²) in [4.78, 5) is 12.2. The standard InChI is InChI=1S/C13H9ClO6/c14-6-4-5(11(18)13(20)12(6)19)10(17)9-7(15)2-1-3-8(9)16/h1-4,15-16,18-20H. The molecule has 0 bridgehead atoms. The Balaban J connectivity index is 2.66. The molecule has 0 fully saturated rings. The van der Waals surface area contributed by atoms with Crippen LogP contribution in [0.4, 0.5) is 0 Å². The van der Waals surface area contributed by atoms with Crippen molar-refractivity contribution in [3.63, 3.8) is 0 Å². The maximum atomic E-state index is 12.2. The van der Waals surface area contributed by atoms with E-state index in [1.54, 1.807) is 0 Å². The van der Waals surface area contributed by atoms with E-state index in [1.165, 1.54) is 18.2 Å². The van der Waals surface area contributed by atoms with E-state index >= 15 is 0 Å². The minimum absolute atomic E-state index is 0.362. The maximum Gasteiger partial charge on any atom is 0.204 e. The summed E-state index contributed by atoms with van der Waals surface area (Å²) in [7, 11) is 0. The summed E-state index contributed by atoms with van der Waals surface area (Å²) in [5, 5.41) is 47.3. The molecule has 0 amide bonds. The van der Waals surface area contributed by atoms with Crippen LogP contribution in [0.5, 0.6) is 28.7 Å². The van der Waals surface area contributed by atoms with Gasteiger partial charge in [0.25, 0.3) is 0 Å². The van der Waals surface area contributed by atoms with Gasteiger partial charge in [0.2, 0.25) is 11.5 Å². The van der Waals surface area contributed by atoms with E-state index in [0.717, 1.165) is 6.07 Å². The number of halogens is 1. The van der Waals surface area contributed by atoms with Crippen molar-refractivity contribution in [2.75, 3.05) is 0 Å². The molecule has 0 radical (unpaired) electrons. The van der Waals surface area contributed by atoms with Crippen molar-refractivity contribution < 1.29 is 30.3 Å². The molecule has 2 rings (SSSR count). The van der Waals surface area contributed by atoms with Crippen LogP contribution in [-0.2, 0) is 0 Å². The summed E-state index contributed by atoms with van der Waals surface area (Å²) in [6, 6.07) is 4.58. The van der Waals surface area contributed by atoms with Gasteiger partial charge in [-0.2, -0.15) is 0 Å². The Morgan fingerprint density at radius 1 is 0.900 bits per heavy atom. The number of phenolic OH excluding ortho intramolecular Hbond substituents is 5. The predicted molar refractivity (Wildman–Crippen MR) is 69.7 cm³/mol. The number of ketones is 1. The minimum Gasteiger partial charge on any atom is -0.507 e. The number of carbonyl (C=O) groups is 1. The molecule has 0 aliphatic carbocycles. The molecule has 5 N–H and O–H groups in total. The van der Waals surface area contributed by atoms with Crippen molar-refractivity contribution >= 4 is 17.4 Å². The number of hydrogen-bond acceptors (Lipinski definition) is 6. The van der Waals surface area contributed by atoms with Crippen molar-refractivity contribution in [3.05, 3.63) is 40.4 Å². The fourth-order valence-electron chi connectivity index (χ4n) is 1.68. The Morgan fingerprint density at radius 2 is 1.45 bits per heavy atom. The largest absolute Gasteiger partial charge is 0.507 e. The first kappa shape index (κ1) is 13.8. The van der Waals surface area contributed by atoms with Crippen molar-refractivity contribution in [1.29, 1.82) is 0 Å². The van der Waals surface area contributed by atoms with Gasteiger partial charge in [-0.25, -0.2) is 0 Å². The molecule has 0 heterocycles. The van der Waals surface area contributed by atoms with Crippen LogP contribution in [0.3, 0.4) is 0 Å². The highest BCUT2D eigenvalue weighted by atomic mass is 35.5. The Hall–Kier alpha value is -2.60. The Labute approximate surface area is 117 Å². The predicted octanol–water partition coefficient (Wildman–Crippen LogP) is 2.10. The topological polar surface area (TPSA) is 118 Å². The second kappa shape index (κ2) is 4.82. The lowest BCUT2D eigenvalue weighted by atomic mass is 10.00. The van der Waals surface area contributed by atoms with Crippen LogP contribution < -0.4 is 0 Å². The smallest absolute Gasteiger partial charge is 0.204 e. The molecular weight excluding hydrogens is 288 g/mol. The third-order valence-corrected chi connectivity index (χ3v) is 2.98. The lowest BCUT2D eigenvalue weighted by Gasteiger charge is -2.10. The lowest BCUT2D eigenvalue weighted by Crippen LogP contribution is -2.03. The molecule has 2 aromatic rings. The van der Waals surface area contributed by atoms with Gasteiger partial charge in [0.05, 0.1) is 10.6 Å². The number of hydrogen-bond donors (Lipinski definition) is 5.